The van der Waals surface area contributed by atoms with E-state index in [1.54, 1.807) is 0 Å². The van der Waals surface area contributed by atoms with E-state index in [1.807, 2.05) is 28.9 Å². The maximum absolute atomic E-state index is 5.60. The molecule has 0 aliphatic carbocycles. The van der Waals surface area contributed by atoms with Crippen LogP contribution < -0.4 is 5.73 Å². The van der Waals surface area contributed by atoms with Crippen molar-refractivity contribution in [3.05, 3.63) is 46.8 Å². The number of halogens is 1. The van der Waals surface area contributed by atoms with E-state index in [2.05, 4.69) is 33.0 Å². The minimum Gasteiger partial charge on any atom is -0.325 e. The van der Waals surface area contributed by atoms with E-state index >= 15 is 0 Å². The molecule has 0 bridgehead atoms. The number of imidazole rings is 1. The van der Waals surface area contributed by atoms with Gasteiger partial charge in [-0.25, -0.2) is 4.98 Å². The van der Waals surface area contributed by atoms with Crippen LogP contribution in [0.3, 0.4) is 0 Å². The van der Waals surface area contributed by atoms with E-state index in [4.69, 9.17) is 5.73 Å². The minimum absolute atomic E-state index is 0.469. The van der Waals surface area contributed by atoms with Crippen molar-refractivity contribution < 1.29 is 0 Å². The van der Waals surface area contributed by atoms with Crippen molar-refractivity contribution in [2.24, 2.45) is 5.73 Å². The molecule has 0 atom stereocenters. The van der Waals surface area contributed by atoms with Crippen LogP contribution in [-0.2, 0) is 6.54 Å². The van der Waals surface area contributed by atoms with E-state index in [0.29, 0.717) is 6.54 Å². The number of hydrogen-bond acceptors (Lipinski definition) is 2. The molecule has 0 saturated heterocycles. The van der Waals surface area contributed by atoms with Crippen molar-refractivity contribution in [3.63, 3.8) is 0 Å². The molecule has 80 valence electrons. The van der Waals surface area contributed by atoms with Crippen LogP contribution in [0.5, 0.6) is 0 Å². The van der Waals surface area contributed by atoms with Gasteiger partial charge in [0.15, 0.2) is 0 Å². The fourth-order valence-electron chi connectivity index (χ4n) is 1.91. The highest BCUT2D eigenvalue weighted by Crippen LogP contribution is 2.26. The summed E-state index contributed by atoms with van der Waals surface area (Å²) in [6.45, 7) is 0.469. The van der Waals surface area contributed by atoms with Gasteiger partial charge in [0.1, 0.15) is 5.65 Å². The molecule has 3 aromatic rings. The third kappa shape index (κ3) is 1.34. The lowest BCUT2D eigenvalue weighted by Gasteiger charge is -2.01. The van der Waals surface area contributed by atoms with Crippen LogP contribution in [0.1, 0.15) is 5.69 Å². The van der Waals surface area contributed by atoms with Gasteiger partial charge in [0.25, 0.3) is 0 Å². The molecule has 2 aromatic heterocycles. The van der Waals surface area contributed by atoms with Gasteiger partial charge in [0.2, 0.25) is 0 Å². The summed E-state index contributed by atoms with van der Waals surface area (Å²) in [6.07, 6.45) is 3.98. The first-order valence-electron chi connectivity index (χ1n) is 5.04. The summed E-state index contributed by atoms with van der Waals surface area (Å²) in [4.78, 5) is 4.52. The van der Waals surface area contributed by atoms with Crippen LogP contribution in [0, 0.1) is 0 Å². The first-order valence-corrected chi connectivity index (χ1v) is 5.84. The van der Waals surface area contributed by atoms with Gasteiger partial charge in [-0.3, -0.25) is 0 Å². The summed E-state index contributed by atoms with van der Waals surface area (Å²) in [7, 11) is 0. The lowest BCUT2D eigenvalue weighted by molar-refractivity contribution is 1.02. The lowest BCUT2D eigenvalue weighted by Crippen LogP contribution is -1.95. The van der Waals surface area contributed by atoms with Crippen molar-refractivity contribution in [3.8, 4) is 0 Å². The third-order valence-corrected chi connectivity index (χ3v) is 3.38. The van der Waals surface area contributed by atoms with Crippen LogP contribution in [0.25, 0.3) is 16.4 Å². The molecule has 0 unspecified atom stereocenters. The molecule has 0 radical (unpaired) electrons. The number of aromatic nitrogens is 2. The maximum Gasteiger partial charge on any atom is 0.145 e. The van der Waals surface area contributed by atoms with Crippen molar-refractivity contribution in [1.29, 1.82) is 0 Å². The molecule has 0 aliphatic heterocycles. The molecular formula is C12H10BrN3. The Bertz CT molecular complexity index is 672. The second-order valence-corrected chi connectivity index (χ2v) is 4.54. The van der Waals surface area contributed by atoms with Crippen LogP contribution in [0.2, 0.25) is 0 Å². The van der Waals surface area contributed by atoms with Gasteiger partial charge >= 0.3 is 0 Å². The van der Waals surface area contributed by atoms with E-state index < -0.39 is 0 Å². The van der Waals surface area contributed by atoms with Crippen LogP contribution in [0.15, 0.2) is 41.1 Å². The summed E-state index contributed by atoms with van der Waals surface area (Å²) in [6, 6.07) is 8.20. The maximum atomic E-state index is 5.60. The van der Waals surface area contributed by atoms with E-state index in [1.165, 1.54) is 5.39 Å². The predicted octanol–water partition coefficient (Wildman–Crippen LogP) is 2.71. The summed E-state index contributed by atoms with van der Waals surface area (Å²) >= 11 is 3.54. The largest absolute Gasteiger partial charge is 0.325 e. The highest BCUT2D eigenvalue weighted by molar-refractivity contribution is 9.10. The predicted molar refractivity (Wildman–Crippen MR) is 68.3 cm³/mol. The quantitative estimate of drug-likeness (QED) is 0.742. The van der Waals surface area contributed by atoms with Crippen LogP contribution in [0.4, 0.5) is 0 Å². The van der Waals surface area contributed by atoms with Crippen LogP contribution >= 0.6 is 15.9 Å². The van der Waals surface area contributed by atoms with Gasteiger partial charge in [-0.15, -0.1) is 0 Å². The zero-order valence-corrected chi connectivity index (χ0v) is 10.1. The van der Waals surface area contributed by atoms with Gasteiger partial charge in [-0.2, -0.15) is 0 Å². The molecule has 0 spiro atoms. The molecule has 0 aliphatic rings. The lowest BCUT2D eigenvalue weighted by atomic mass is 10.2. The second-order valence-electron chi connectivity index (χ2n) is 3.68. The number of hydrogen-bond donors (Lipinski definition) is 1. The summed E-state index contributed by atoms with van der Waals surface area (Å²) in [5.74, 6) is 0. The van der Waals surface area contributed by atoms with Gasteiger partial charge < -0.3 is 10.1 Å². The highest BCUT2D eigenvalue weighted by atomic mass is 79.9. The number of nitrogens with zero attached hydrogens (tertiary/aromatic N) is 2. The zero-order chi connectivity index (χ0) is 11.1. The smallest absolute Gasteiger partial charge is 0.145 e. The summed E-state index contributed by atoms with van der Waals surface area (Å²) < 4.78 is 3.10. The average Bonchev–Trinajstić information content (AvgIpc) is 2.72. The molecule has 0 saturated carbocycles. The highest BCUT2D eigenvalue weighted by Gasteiger charge is 2.06. The van der Waals surface area contributed by atoms with Crippen molar-refractivity contribution in [2.75, 3.05) is 0 Å². The molecule has 4 heteroatoms. The number of rotatable bonds is 1. The van der Waals surface area contributed by atoms with E-state index in [9.17, 15) is 0 Å². The van der Waals surface area contributed by atoms with E-state index in [0.717, 1.165) is 21.2 Å². The Morgan fingerprint density at radius 3 is 2.94 bits per heavy atom. The van der Waals surface area contributed by atoms with Crippen LogP contribution in [-0.4, -0.2) is 9.38 Å². The first kappa shape index (κ1) is 9.81. The van der Waals surface area contributed by atoms with Gasteiger partial charge in [0, 0.05) is 34.2 Å². The van der Waals surface area contributed by atoms with Gasteiger partial charge in [-0.1, -0.05) is 28.1 Å². The molecule has 0 amide bonds. The Hall–Kier alpha value is -1.39. The Labute approximate surface area is 101 Å². The molecular weight excluding hydrogens is 266 g/mol. The zero-order valence-electron chi connectivity index (χ0n) is 8.52. The Balaban J connectivity index is 2.48. The normalized spacial score (nSPS) is 11.4. The molecule has 16 heavy (non-hydrogen) atoms. The van der Waals surface area contributed by atoms with Crippen molar-refractivity contribution in [1.82, 2.24) is 9.38 Å². The Morgan fingerprint density at radius 2 is 2.12 bits per heavy atom. The molecule has 3 rings (SSSR count). The fourth-order valence-corrected chi connectivity index (χ4v) is 2.41. The summed E-state index contributed by atoms with van der Waals surface area (Å²) in [5.41, 5.74) is 7.47. The number of fused-ring (bicyclic) bond motifs is 3. The SMILES string of the molecule is NCc1cn2ccc3c(Br)cccc3c2n1. The molecule has 1 aromatic carbocycles. The van der Waals surface area contributed by atoms with Gasteiger partial charge in [-0.05, 0) is 12.1 Å². The van der Waals surface area contributed by atoms with E-state index in [-0.39, 0.29) is 0 Å². The topological polar surface area (TPSA) is 43.3 Å². The summed E-state index contributed by atoms with van der Waals surface area (Å²) in [5, 5.41) is 2.31. The molecule has 2 heterocycles. The third-order valence-electron chi connectivity index (χ3n) is 2.69. The monoisotopic (exact) mass is 275 g/mol. The molecule has 3 nitrogen and oxygen atoms in total. The number of nitrogens with two attached hydrogens (primary N) is 1. The fraction of sp³-hybridized carbons (Fsp3) is 0.0833. The Morgan fingerprint density at radius 1 is 1.25 bits per heavy atom. The second kappa shape index (κ2) is 3.57. The first-order chi connectivity index (χ1) is 7.79. The Kier molecular flexibility index (Phi) is 2.19. The number of benzene rings is 1. The molecule has 0 fully saturated rings. The van der Waals surface area contributed by atoms with Crippen molar-refractivity contribution >= 4 is 32.3 Å². The van der Waals surface area contributed by atoms with Crippen molar-refractivity contribution in [2.45, 2.75) is 6.54 Å². The van der Waals surface area contributed by atoms with Gasteiger partial charge in [0.05, 0.1) is 5.69 Å². The standard InChI is InChI=1S/C12H10BrN3/c13-11-3-1-2-10-9(11)4-5-16-7-8(6-14)15-12(10)16/h1-5,7H,6,14H2. The number of pyridine rings is 1. The minimum atomic E-state index is 0.469. The average molecular weight is 276 g/mol. The molecule has 2 N–H and O–H groups in total.